The quantitative estimate of drug-likeness (QED) is 0.0177. The number of likely N-dealkylation sites (tertiary alicyclic amines) is 1. The number of benzene rings is 1. The predicted octanol–water partition coefficient (Wildman–Crippen LogP) is -6.98. The second kappa shape index (κ2) is 31.9. The van der Waals surface area contributed by atoms with E-state index in [0.29, 0.717) is 12.0 Å². The fourth-order valence-corrected chi connectivity index (χ4v) is 7.68. The lowest BCUT2D eigenvalue weighted by Crippen LogP contribution is -2.61. The van der Waals surface area contributed by atoms with E-state index in [2.05, 4.69) is 42.2 Å². The predicted molar refractivity (Wildman–Crippen MR) is 266 cm³/mol. The molecule has 10 atom stereocenters. The summed E-state index contributed by atoms with van der Waals surface area (Å²) < 4.78 is 0. The standard InChI is InChI=1S/C46H74N14O15/c1-23(2)19-29(40(69)59-36(24(3)63)45(74)75)55-43(72)33-12-8-18-60(33)44(73)30(20-25-9-5-4-6-10-25)56-41(70)31(21-61)58-42(71)32(22-62)57-38(67)27(11-7-17-52-46(50)51)54-39(68)28(14-16-35(49)65)53-37(66)26(47)13-15-34(48)64/h4-6,9-10,23-24,26-33,36,61-63H,7-8,11-22,47H2,1-3H3,(H2,48,64)(H2,49,65)(H,53,66)(H,54,68)(H,55,72)(H,56,70)(H,57,67)(H,58,71)(H,59,69)(H,74,75)(H4,50,51,52)/t24-,26+,27+,28+,29+,30+,31+,32+,33+,36+/m1/s1. The van der Waals surface area contributed by atoms with Gasteiger partial charge in [0.25, 0.3) is 0 Å². The Morgan fingerprint density at radius 1 is 0.653 bits per heavy atom. The van der Waals surface area contributed by atoms with Gasteiger partial charge in [-0.05, 0) is 63.4 Å². The van der Waals surface area contributed by atoms with Crippen LogP contribution in [0.15, 0.2) is 35.3 Å². The second-order valence-corrected chi connectivity index (χ2v) is 18.4. The van der Waals surface area contributed by atoms with Gasteiger partial charge in [0.15, 0.2) is 12.0 Å². The first kappa shape index (κ1) is 63.6. The normalized spacial score (nSPS) is 16.7. The number of nitrogens with two attached hydrogens (primary N) is 5. The number of carbonyl (C=O) groups is 11. The van der Waals surface area contributed by atoms with Crippen molar-refractivity contribution in [2.45, 2.75) is 145 Å². The van der Waals surface area contributed by atoms with E-state index in [-0.39, 0.29) is 76.3 Å². The van der Waals surface area contributed by atoms with Gasteiger partial charge in [-0.25, -0.2) is 4.79 Å². The van der Waals surface area contributed by atoms with E-state index >= 15 is 0 Å². The molecule has 1 aromatic rings. The molecule has 0 radical (unpaired) electrons. The van der Waals surface area contributed by atoms with E-state index in [1.165, 1.54) is 11.8 Å². The molecule has 1 fully saturated rings. The number of nitrogens with one attached hydrogen (secondary N) is 7. The first-order valence-electron chi connectivity index (χ1n) is 24.3. The maximum Gasteiger partial charge on any atom is 0.328 e. The SMILES string of the molecule is CC(C)C[C@H](NC(=O)[C@@H]1CCCN1C(=O)[C@H](Cc1ccccc1)NC(=O)[C@H](CO)NC(=O)[C@H](CO)NC(=O)[C@H](CCCN=C(N)N)NC(=O)[C@H](CCC(N)=O)NC(=O)[C@@H](N)CCC(N)=O)C(=O)N[C@H](C(=O)O)[C@@H](C)O. The minimum Gasteiger partial charge on any atom is -0.480 e. The van der Waals surface area contributed by atoms with Gasteiger partial charge < -0.3 is 91.2 Å². The Hall–Kier alpha value is -7.50. The highest BCUT2D eigenvalue weighted by Gasteiger charge is 2.41. The highest BCUT2D eigenvalue weighted by Crippen LogP contribution is 2.21. The van der Waals surface area contributed by atoms with Crippen molar-refractivity contribution in [1.82, 2.24) is 42.1 Å². The van der Waals surface area contributed by atoms with Crippen LogP contribution in [0.25, 0.3) is 0 Å². The van der Waals surface area contributed by atoms with Crippen molar-refractivity contribution >= 4 is 71.0 Å². The van der Waals surface area contributed by atoms with Crippen LogP contribution in [0.5, 0.6) is 0 Å². The number of guanidine groups is 1. The first-order chi connectivity index (χ1) is 35.3. The van der Waals surface area contributed by atoms with E-state index in [1.807, 2.05) is 0 Å². The molecule has 1 heterocycles. The Kier molecular flexibility index (Phi) is 27.1. The lowest BCUT2D eigenvalue weighted by Gasteiger charge is -2.31. The number of primary amides is 2. The summed E-state index contributed by atoms with van der Waals surface area (Å²) in [7, 11) is 0. The number of carboxylic acids is 1. The molecule has 1 aromatic carbocycles. The lowest BCUT2D eigenvalue weighted by atomic mass is 10.0. The van der Waals surface area contributed by atoms with E-state index in [4.69, 9.17) is 28.7 Å². The van der Waals surface area contributed by atoms with Crippen LogP contribution in [-0.2, 0) is 59.2 Å². The van der Waals surface area contributed by atoms with Crippen molar-refractivity contribution in [3.8, 4) is 0 Å². The molecule has 0 aromatic heterocycles. The van der Waals surface area contributed by atoms with Gasteiger partial charge in [0, 0.05) is 32.4 Å². The van der Waals surface area contributed by atoms with Crippen LogP contribution in [0.4, 0.5) is 0 Å². The molecule has 29 nitrogen and oxygen atoms in total. The zero-order chi connectivity index (χ0) is 56.5. The minimum absolute atomic E-state index is 0.0330. The van der Waals surface area contributed by atoms with Crippen LogP contribution >= 0.6 is 0 Å². The van der Waals surface area contributed by atoms with Crippen molar-refractivity contribution in [1.29, 1.82) is 0 Å². The summed E-state index contributed by atoms with van der Waals surface area (Å²) in [6, 6.07) is -5.21. The molecule has 10 amide bonds. The van der Waals surface area contributed by atoms with Crippen molar-refractivity contribution in [3.05, 3.63) is 35.9 Å². The van der Waals surface area contributed by atoms with E-state index < -0.39 is 145 Å². The molecular formula is C46H74N14O15. The van der Waals surface area contributed by atoms with Gasteiger partial charge in [0.05, 0.1) is 25.4 Å². The summed E-state index contributed by atoms with van der Waals surface area (Å²) in [5.74, 6) is -11.3. The average molecular weight is 1060 g/mol. The number of aliphatic hydroxyl groups is 3. The Labute approximate surface area is 432 Å². The summed E-state index contributed by atoms with van der Waals surface area (Å²) in [4.78, 5) is 149. The first-order valence-corrected chi connectivity index (χ1v) is 24.3. The summed E-state index contributed by atoms with van der Waals surface area (Å²) in [5.41, 5.74) is 27.6. The number of hydrogen-bond acceptors (Lipinski definition) is 16. The van der Waals surface area contributed by atoms with E-state index in [9.17, 15) is 73.2 Å². The number of aliphatic hydroxyl groups excluding tert-OH is 3. The smallest absolute Gasteiger partial charge is 0.328 e. The summed E-state index contributed by atoms with van der Waals surface area (Å²) in [5, 5.41) is 56.7. The molecule has 1 aliphatic heterocycles. The fraction of sp³-hybridized carbons (Fsp3) is 0.609. The Bertz CT molecular complexity index is 2180. The number of aliphatic imine (C=N–C) groups is 1. The Morgan fingerprint density at radius 2 is 1.15 bits per heavy atom. The molecule has 1 saturated heterocycles. The van der Waals surface area contributed by atoms with Gasteiger partial charge in [0.1, 0.15) is 42.3 Å². The minimum atomic E-state index is -1.85. The van der Waals surface area contributed by atoms with E-state index in [0.717, 1.165) is 0 Å². The van der Waals surface area contributed by atoms with Gasteiger partial charge in [-0.2, -0.15) is 0 Å². The number of hydrogen-bond donors (Lipinski definition) is 16. The summed E-state index contributed by atoms with van der Waals surface area (Å²) in [6.45, 7) is 2.51. The van der Waals surface area contributed by atoms with Gasteiger partial charge in [0.2, 0.25) is 59.1 Å². The molecule has 0 saturated carbocycles. The molecule has 0 aliphatic carbocycles. The molecule has 0 spiro atoms. The fourth-order valence-electron chi connectivity index (χ4n) is 7.68. The molecule has 1 aliphatic rings. The molecule has 418 valence electrons. The molecule has 0 unspecified atom stereocenters. The topological polar surface area (TPSA) is 499 Å². The van der Waals surface area contributed by atoms with Gasteiger partial charge in [-0.1, -0.05) is 44.2 Å². The molecule has 0 bridgehead atoms. The van der Waals surface area contributed by atoms with Crippen molar-refractivity contribution < 1.29 is 73.2 Å². The Balaban J connectivity index is 2.36. The Morgan fingerprint density at radius 3 is 1.65 bits per heavy atom. The molecule has 21 N–H and O–H groups in total. The number of amides is 10. The lowest BCUT2D eigenvalue weighted by molar-refractivity contribution is -0.146. The van der Waals surface area contributed by atoms with E-state index in [1.54, 1.807) is 44.2 Å². The third kappa shape index (κ3) is 22.3. The number of carboxylic acid groups (broad SMARTS) is 1. The number of carbonyl (C=O) groups excluding carboxylic acids is 10. The van der Waals surface area contributed by atoms with Crippen LogP contribution < -0.4 is 65.9 Å². The van der Waals surface area contributed by atoms with Crippen molar-refractivity contribution in [3.63, 3.8) is 0 Å². The number of aliphatic carboxylic acids is 1. The van der Waals surface area contributed by atoms with Crippen LogP contribution in [0.2, 0.25) is 0 Å². The monoisotopic (exact) mass is 1060 g/mol. The van der Waals surface area contributed by atoms with Gasteiger partial charge >= 0.3 is 5.97 Å². The third-order valence-corrected chi connectivity index (χ3v) is 11.7. The largest absolute Gasteiger partial charge is 0.480 e. The molecule has 75 heavy (non-hydrogen) atoms. The molecule has 2 rings (SSSR count). The second-order valence-electron chi connectivity index (χ2n) is 18.4. The zero-order valence-electron chi connectivity index (χ0n) is 42.2. The molecular weight excluding hydrogens is 989 g/mol. The maximum absolute atomic E-state index is 14.4. The van der Waals surface area contributed by atoms with Crippen LogP contribution in [0.1, 0.15) is 84.1 Å². The van der Waals surface area contributed by atoms with Crippen LogP contribution in [-0.4, -0.2) is 183 Å². The highest BCUT2D eigenvalue weighted by molar-refractivity contribution is 5.98. The van der Waals surface area contributed by atoms with Gasteiger partial charge in [-0.3, -0.25) is 52.9 Å². The summed E-state index contributed by atoms with van der Waals surface area (Å²) >= 11 is 0. The average Bonchev–Trinajstić information content (AvgIpc) is 3.84. The maximum atomic E-state index is 14.4. The number of rotatable bonds is 33. The third-order valence-electron chi connectivity index (χ3n) is 11.7. The molecule has 29 heteroatoms. The summed E-state index contributed by atoms with van der Waals surface area (Å²) in [6.07, 6.45) is -2.51. The zero-order valence-corrected chi connectivity index (χ0v) is 42.2. The van der Waals surface area contributed by atoms with Crippen molar-refractivity contribution in [2.75, 3.05) is 26.3 Å². The van der Waals surface area contributed by atoms with Crippen LogP contribution in [0.3, 0.4) is 0 Å². The van der Waals surface area contributed by atoms with Crippen molar-refractivity contribution in [2.24, 2.45) is 39.6 Å². The van der Waals surface area contributed by atoms with Gasteiger partial charge in [-0.15, -0.1) is 0 Å². The number of nitrogens with zero attached hydrogens (tertiary/aromatic N) is 2. The highest BCUT2D eigenvalue weighted by atomic mass is 16.4. The van der Waals surface area contributed by atoms with Crippen LogP contribution in [0, 0.1) is 5.92 Å².